The molecule has 0 bridgehead atoms. The molecule has 90 valence electrons. The van der Waals surface area contributed by atoms with E-state index in [1.807, 2.05) is 24.3 Å². The van der Waals surface area contributed by atoms with Crippen LogP contribution in [0.5, 0.6) is 5.75 Å². The molecule has 1 aromatic carbocycles. The molecule has 0 spiro atoms. The van der Waals surface area contributed by atoms with E-state index < -0.39 is 6.09 Å². The van der Waals surface area contributed by atoms with E-state index in [0.717, 1.165) is 11.3 Å². The first-order valence-corrected chi connectivity index (χ1v) is 4.90. The lowest BCUT2D eigenvalue weighted by molar-refractivity contribution is 0.182. The van der Waals surface area contributed by atoms with Crippen LogP contribution < -0.4 is 10.5 Å². The van der Waals surface area contributed by atoms with Gasteiger partial charge in [0, 0.05) is 0 Å². The molecule has 0 radical (unpaired) electrons. The first-order chi connectivity index (χ1) is 8.15. The lowest BCUT2D eigenvalue weighted by Gasteiger charge is -1.99. The Morgan fingerprint density at radius 3 is 2.47 bits per heavy atom. The van der Waals surface area contributed by atoms with Gasteiger partial charge in [0.25, 0.3) is 0 Å². The quantitative estimate of drug-likeness (QED) is 0.639. The molecule has 0 atom stereocenters. The normalized spacial score (nSPS) is 11.5. The maximum Gasteiger partial charge on any atom is 0.435 e. The first-order valence-electron chi connectivity index (χ1n) is 4.90. The summed E-state index contributed by atoms with van der Waals surface area (Å²) in [4.78, 5) is 14.2. The summed E-state index contributed by atoms with van der Waals surface area (Å²) in [6.07, 6.45) is 2.54. The van der Waals surface area contributed by atoms with Crippen molar-refractivity contribution in [2.75, 3.05) is 14.2 Å². The summed E-state index contributed by atoms with van der Waals surface area (Å²) in [6.45, 7) is 0. The topological polar surface area (TPSA) is 73.9 Å². The van der Waals surface area contributed by atoms with Gasteiger partial charge in [-0.3, -0.25) is 0 Å². The van der Waals surface area contributed by atoms with E-state index in [-0.39, 0.29) is 5.84 Å². The molecule has 0 fully saturated rings. The second kappa shape index (κ2) is 6.32. The van der Waals surface area contributed by atoms with E-state index in [0.29, 0.717) is 0 Å². The van der Waals surface area contributed by atoms with E-state index in [1.165, 1.54) is 13.2 Å². The third-order valence-corrected chi connectivity index (χ3v) is 1.96. The van der Waals surface area contributed by atoms with E-state index in [9.17, 15) is 4.79 Å². The van der Waals surface area contributed by atoms with Gasteiger partial charge in [-0.2, -0.15) is 4.99 Å². The Morgan fingerprint density at radius 2 is 1.94 bits per heavy atom. The summed E-state index contributed by atoms with van der Waals surface area (Å²) in [6, 6.07) is 7.38. The molecule has 0 heterocycles. The minimum Gasteiger partial charge on any atom is -0.497 e. The highest BCUT2D eigenvalue weighted by atomic mass is 16.5. The SMILES string of the molecule is COC(=O)N=C(N)C=Cc1ccc(OC)cc1. The van der Waals surface area contributed by atoms with Crippen molar-refractivity contribution in [3.63, 3.8) is 0 Å². The van der Waals surface area contributed by atoms with Crippen LogP contribution in [0.25, 0.3) is 6.08 Å². The van der Waals surface area contributed by atoms with Crippen molar-refractivity contribution in [3.8, 4) is 5.75 Å². The van der Waals surface area contributed by atoms with Gasteiger partial charge in [0.05, 0.1) is 14.2 Å². The number of rotatable bonds is 3. The number of carbonyl (C=O) groups is 1. The van der Waals surface area contributed by atoms with Crippen molar-refractivity contribution in [1.29, 1.82) is 0 Å². The number of methoxy groups -OCH3 is 2. The van der Waals surface area contributed by atoms with E-state index >= 15 is 0 Å². The number of hydrogen-bond acceptors (Lipinski definition) is 3. The third-order valence-electron chi connectivity index (χ3n) is 1.96. The molecule has 0 saturated carbocycles. The third kappa shape index (κ3) is 4.38. The fourth-order valence-corrected chi connectivity index (χ4v) is 1.08. The van der Waals surface area contributed by atoms with Crippen LogP contribution in [0.2, 0.25) is 0 Å². The van der Waals surface area contributed by atoms with Gasteiger partial charge in [-0.05, 0) is 23.8 Å². The van der Waals surface area contributed by atoms with Crippen LogP contribution in [0.1, 0.15) is 5.56 Å². The highest BCUT2D eigenvalue weighted by Crippen LogP contribution is 2.12. The highest BCUT2D eigenvalue weighted by Gasteiger charge is 1.95. The molecule has 0 unspecified atom stereocenters. The van der Waals surface area contributed by atoms with Crippen LogP contribution >= 0.6 is 0 Å². The monoisotopic (exact) mass is 234 g/mol. The smallest absolute Gasteiger partial charge is 0.435 e. The molecular formula is C12H14N2O3. The molecule has 1 aromatic rings. The first kappa shape index (κ1) is 12.8. The van der Waals surface area contributed by atoms with Crippen molar-refractivity contribution in [2.45, 2.75) is 0 Å². The number of carbonyl (C=O) groups excluding carboxylic acids is 1. The van der Waals surface area contributed by atoms with Crippen LogP contribution in [0, 0.1) is 0 Å². The van der Waals surface area contributed by atoms with E-state index in [1.54, 1.807) is 13.2 Å². The summed E-state index contributed by atoms with van der Waals surface area (Å²) in [5.74, 6) is 0.867. The number of aliphatic imine (C=N–C) groups is 1. The fourth-order valence-electron chi connectivity index (χ4n) is 1.08. The molecule has 5 heteroatoms. The summed E-state index contributed by atoms with van der Waals surface area (Å²) in [7, 11) is 2.85. The van der Waals surface area contributed by atoms with Gasteiger partial charge >= 0.3 is 6.09 Å². The van der Waals surface area contributed by atoms with Crippen LogP contribution in [0.15, 0.2) is 35.3 Å². The highest BCUT2D eigenvalue weighted by molar-refractivity contribution is 6.00. The lowest BCUT2D eigenvalue weighted by Crippen LogP contribution is -2.10. The zero-order chi connectivity index (χ0) is 12.7. The molecule has 0 aliphatic carbocycles. The van der Waals surface area contributed by atoms with Gasteiger partial charge in [-0.15, -0.1) is 0 Å². The number of nitrogens with zero attached hydrogens (tertiary/aromatic N) is 1. The summed E-state index contributed by atoms with van der Waals surface area (Å²) >= 11 is 0. The zero-order valence-corrected chi connectivity index (χ0v) is 9.71. The molecular weight excluding hydrogens is 220 g/mol. The molecule has 17 heavy (non-hydrogen) atoms. The average molecular weight is 234 g/mol. The minimum absolute atomic E-state index is 0.0904. The van der Waals surface area contributed by atoms with Crippen LogP contribution in [-0.2, 0) is 4.74 Å². The van der Waals surface area contributed by atoms with Crippen LogP contribution in [0.4, 0.5) is 4.79 Å². The molecule has 1 amide bonds. The van der Waals surface area contributed by atoms with E-state index in [2.05, 4.69) is 9.73 Å². The number of ether oxygens (including phenoxy) is 2. The van der Waals surface area contributed by atoms with Crippen molar-refractivity contribution in [1.82, 2.24) is 0 Å². The standard InChI is InChI=1S/C12H14N2O3/c1-16-10-6-3-9(4-7-10)5-8-11(13)14-12(15)17-2/h3-8H,1-2H3,(H2,13,14,15). The molecule has 5 nitrogen and oxygen atoms in total. The molecule has 2 N–H and O–H groups in total. The number of hydrogen-bond donors (Lipinski definition) is 1. The second-order valence-electron chi connectivity index (χ2n) is 3.11. The Labute approximate surface area is 99.6 Å². The number of nitrogens with two attached hydrogens (primary N) is 1. The predicted molar refractivity (Wildman–Crippen MR) is 66.1 cm³/mol. The summed E-state index contributed by atoms with van der Waals surface area (Å²) in [5, 5.41) is 0. The van der Waals surface area contributed by atoms with Gasteiger partial charge in [-0.25, -0.2) is 4.79 Å². The van der Waals surface area contributed by atoms with E-state index in [4.69, 9.17) is 10.5 Å². The molecule has 0 aliphatic rings. The largest absolute Gasteiger partial charge is 0.497 e. The summed E-state index contributed by atoms with van der Waals surface area (Å²) in [5.41, 5.74) is 6.42. The maximum absolute atomic E-state index is 10.8. The van der Waals surface area contributed by atoms with Gasteiger partial charge < -0.3 is 15.2 Å². The predicted octanol–water partition coefficient (Wildman–Crippen LogP) is 1.83. The van der Waals surface area contributed by atoms with Gasteiger partial charge in [0.1, 0.15) is 11.6 Å². The molecule has 0 aromatic heterocycles. The molecule has 0 aliphatic heterocycles. The second-order valence-corrected chi connectivity index (χ2v) is 3.11. The maximum atomic E-state index is 10.8. The minimum atomic E-state index is -0.720. The van der Waals surface area contributed by atoms with Gasteiger partial charge in [0.2, 0.25) is 0 Å². The number of benzene rings is 1. The zero-order valence-electron chi connectivity index (χ0n) is 9.71. The Hall–Kier alpha value is -2.30. The number of amides is 1. The van der Waals surface area contributed by atoms with Crippen LogP contribution in [0.3, 0.4) is 0 Å². The Balaban J connectivity index is 2.69. The molecule has 0 saturated heterocycles. The fraction of sp³-hybridized carbons (Fsp3) is 0.167. The Kier molecular flexibility index (Phi) is 4.75. The van der Waals surface area contributed by atoms with Crippen molar-refractivity contribution < 1.29 is 14.3 Å². The van der Waals surface area contributed by atoms with Crippen LogP contribution in [-0.4, -0.2) is 26.1 Å². The van der Waals surface area contributed by atoms with Gasteiger partial charge in [-0.1, -0.05) is 18.2 Å². The lowest BCUT2D eigenvalue weighted by atomic mass is 10.2. The van der Waals surface area contributed by atoms with Gasteiger partial charge in [0.15, 0.2) is 0 Å². The van der Waals surface area contributed by atoms with Crippen molar-refractivity contribution in [2.24, 2.45) is 10.7 Å². The summed E-state index contributed by atoms with van der Waals surface area (Å²) < 4.78 is 9.37. The van der Waals surface area contributed by atoms with Crippen molar-refractivity contribution >= 4 is 18.0 Å². The Morgan fingerprint density at radius 1 is 1.29 bits per heavy atom. The number of amidine groups is 1. The Bertz CT molecular complexity index is 436. The van der Waals surface area contributed by atoms with Crippen molar-refractivity contribution in [3.05, 3.63) is 35.9 Å². The average Bonchev–Trinajstić information content (AvgIpc) is 2.36. The molecule has 1 rings (SSSR count).